The summed E-state index contributed by atoms with van der Waals surface area (Å²) in [5, 5.41) is 0. The second-order valence-electron chi connectivity index (χ2n) is 6.10. The summed E-state index contributed by atoms with van der Waals surface area (Å²) in [5.41, 5.74) is 1.85. The summed E-state index contributed by atoms with van der Waals surface area (Å²) in [6.45, 7) is -0.103. The molecule has 0 spiro atoms. The molecule has 0 aliphatic carbocycles. The van der Waals surface area contributed by atoms with Crippen LogP contribution in [0.5, 0.6) is 11.5 Å². The number of fused-ring (bicyclic) bond motifs is 1. The highest BCUT2D eigenvalue weighted by Crippen LogP contribution is 2.34. The van der Waals surface area contributed by atoms with Gasteiger partial charge in [0.05, 0.1) is 5.56 Å². The zero-order valence-electron chi connectivity index (χ0n) is 14.6. The Hall–Kier alpha value is -3.25. The number of ether oxygens (including phenoxy) is 2. The van der Waals surface area contributed by atoms with Crippen molar-refractivity contribution in [2.75, 3.05) is 6.61 Å². The van der Waals surface area contributed by atoms with E-state index in [4.69, 9.17) is 9.47 Å². The molecule has 1 aliphatic heterocycles. The Balaban J connectivity index is 1.46. The number of ketones is 2. The second-order valence-corrected chi connectivity index (χ2v) is 7.01. The highest BCUT2D eigenvalue weighted by atomic mass is 79.9. The van der Waals surface area contributed by atoms with Crippen LogP contribution >= 0.6 is 15.9 Å². The Morgan fingerprint density at radius 1 is 1.07 bits per heavy atom. The van der Waals surface area contributed by atoms with Crippen LogP contribution in [0.25, 0.3) is 6.08 Å². The molecule has 0 radical (unpaired) electrons. The first-order valence-corrected chi connectivity index (χ1v) is 9.29. The van der Waals surface area contributed by atoms with Gasteiger partial charge in [-0.3, -0.25) is 14.6 Å². The van der Waals surface area contributed by atoms with Crippen molar-refractivity contribution in [1.29, 1.82) is 0 Å². The zero-order valence-corrected chi connectivity index (χ0v) is 16.2. The number of hydrogen-bond acceptors (Lipinski definition) is 5. The molecular formula is C22H14BrNO4. The second kappa shape index (κ2) is 7.78. The average molecular weight is 436 g/mol. The molecule has 0 fully saturated rings. The Bertz CT molecular complexity index is 1080. The van der Waals surface area contributed by atoms with Crippen LogP contribution in [-0.2, 0) is 0 Å². The molecular weight excluding hydrogens is 422 g/mol. The van der Waals surface area contributed by atoms with E-state index in [-0.39, 0.29) is 23.9 Å². The summed E-state index contributed by atoms with van der Waals surface area (Å²) in [5.74, 6) is 0.790. The van der Waals surface area contributed by atoms with Crippen LogP contribution in [0.1, 0.15) is 26.3 Å². The zero-order chi connectivity index (χ0) is 19.5. The van der Waals surface area contributed by atoms with Crippen molar-refractivity contribution < 1.29 is 19.1 Å². The van der Waals surface area contributed by atoms with Gasteiger partial charge in [0.15, 0.2) is 18.1 Å². The topological polar surface area (TPSA) is 65.5 Å². The van der Waals surface area contributed by atoms with Crippen LogP contribution in [0, 0.1) is 0 Å². The maximum absolute atomic E-state index is 12.5. The van der Waals surface area contributed by atoms with E-state index in [9.17, 15) is 9.59 Å². The number of carbonyl (C=O) groups is 2. The number of benzene rings is 2. The lowest BCUT2D eigenvalue weighted by Gasteiger charge is -2.07. The molecule has 2 heterocycles. The van der Waals surface area contributed by atoms with Crippen LogP contribution in [-0.4, -0.2) is 23.2 Å². The molecule has 138 valence electrons. The highest BCUT2D eigenvalue weighted by molar-refractivity contribution is 9.10. The smallest absolute Gasteiger partial charge is 0.231 e. The van der Waals surface area contributed by atoms with Crippen LogP contribution in [0.3, 0.4) is 0 Å². The molecule has 0 unspecified atom stereocenters. The first kappa shape index (κ1) is 18.1. The molecule has 0 amide bonds. The highest BCUT2D eigenvalue weighted by Gasteiger charge is 2.27. The number of nitrogens with zero attached hydrogens (tertiary/aromatic N) is 1. The lowest BCUT2D eigenvalue weighted by molar-refractivity contribution is 0.0921. The van der Waals surface area contributed by atoms with E-state index in [0.29, 0.717) is 22.6 Å². The van der Waals surface area contributed by atoms with E-state index >= 15 is 0 Å². The Labute approximate surface area is 169 Å². The summed E-state index contributed by atoms with van der Waals surface area (Å²) in [6.07, 6.45) is 4.96. The third kappa shape index (κ3) is 3.87. The van der Waals surface area contributed by atoms with Crippen LogP contribution in [0.15, 0.2) is 77.2 Å². The third-order valence-corrected chi connectivity index (χ3v) is 4.71. The number of hydrogen-bond donors (Lipinski definition) is 0. The van der Waals surface area contributed by atoms with Crippen molar-refractivity contribution in [2.24, 2.45) is 0 Å². The molecule has 2 aromatic carbocycles. The molecule has 1 aromatic heterocycles. The average Bonchev–Trinajstić information content (AvgIpc) is 3.02. The van der Waals surface area contributed by atoms with Gasteiger partial charge in [0.25, 0.3) is 0 Å². The monoisotopic (exact) mass is 435 g/mol. The van der Waals surface area contributed by atoms with E-state index in [0.717, 1.165) is 10.0 Å². The summed E-state index contributed by atoms with van der Waals surface area (Å²) in [6, 6.07) is 15.6. The number of aromatic nitrogens is 1. The number of Topliss-reactive ketones (excluding diaryl/α,β-unsaturated/α-hetero) is 2. The van der Waals surface area contributed by atoms with Gasteiger partial charge in [0.2, 0.25) is 5.78 Å². The Kier molecular flexibility index (Phi) is 5.04. The minimum atomic E-state index is -0.190. The van der Waals surface area contributed by atoms with Crippen molar-refractivity contribution >= 4 is 33.6 Å². The van der Waals surface area contributed by atoms with E-state index in [1.165, 1.54) is 0 Å². The Morgan fingerprint density at radius 2 is 1.82 bits per heavy atom. The number of carbonyl (C=O) groups excluding carboxylic acids is 2. The first-order chi connectivity index (χ1) is 13.6. The molecule has 0 N–H and O–H groups in total. The quantitative estimate of drug-likeness (QED) is 0.428. The van der Waals surface area contributed by atoms with Gasteiger partial charge in [0.1, 0.15) is 11.5 Å². The van der Waals surface area contributed by atoms with Crippen molar-refractivity contribution in [3.05, 3.63) is 93.9 Å². The SMILES string of the molecule is O=C(COc1ccc2c(c1)O/C(=C\c1ccncc1)C2=O)c1ccc(Br)cc1. The predicted octanol–water partition coefficient (Wildman–Crippen LogP) is 4.72. The molecule has 0 saturated carbocycles. The van der Waals surface area contributed by atoms with Gasteiger partial charge < -0.3 is 9.47 Å². The minimum absolute atomic E-state index is 0.103. The van der Waals surface area contributed by atoms with Gasteiger partial charge in [-0.1, -0.05) is 28.1 Å². The number of halogens is 1. The first-order valence-electron chi connectivity index (χ1n) is 8.50. The summed E-state index contributed by atoms with van der Waals surface area (Å²) < 4.78 is 12.2. The van der Waals surface area contributed by atoms with Gasteiger partial charge in [-0.2, -0.15) is 0 Å². The van der Waals surface area contributed by atoms with E-state index in [1.54, 1.807) is 73.1 Å². The molecule has 6 heteroatoms. The molecule has 1 aliphatic rings. The fourth-order valence-corrected chi connectivity index (χ4v) is 3.00. The molecule has 28 heavy (non-hydrogen) atoms. The van der Waals surface area contributed by atoms with Gasteiger partial charge in [-0.15, -0.1) is 0 Å². The van der Waals surface area contributed by atoms with Gasteiger partial charge in [-0.25, -0.2) is 0 Å². The maximum atomic E-state index is 12.5. The molecule has 5 nitrogen and oxygen atoms in total. The standard InChI is InChI=1S/C22H14BrNO4/c23-16-3-1-15(2-4-16)19(25)13-27-17-5-6-18-20(12-17)28-21(22(18)26)11-14-7-9-24-10-8-14/h1-12H,13H2/b21-11-. The van der Waals surface area contributed by atoms with Crippen molar-refractivity contribution in [2.45, 2.75) is 0 Å². The number of allylic oxidation sites excluding steroid dienone is 1. The van der Waals surface area contributed by atoms with Gasteiger partial charge >= 0.3 is 0 Å². The molecule has 0 atom stereocenters. The lowest BCUT2D eigenvalue weighted by atomic mass is 10.1. The number of pyridine rings is 1. The van der Waals surface area contributed by atoms with Gasteiger partial charge in [0, 0.05) is 28.5 Å². The Morgan fingerprint density at radius 3 is 2.57 bits per heavy atom. The summed E-state index contributed by atoms with van der Waals surface area (Å²) in [4.78, 5) is 28.7. The maximum Gasteiger partial charge on any atom is 0.231 e. The van der Waals surface area contributed by atoms with Crippen LogP contribution in [0.2, 0.25) is 0 Å². The van der Waals surface area contributed by atoms with Crippen molar-refractivity contribution in [3.63, 3.8) is 0 Å². The number of rotatable bonds is 5. The van der Waals surface area contributed by atoms with E-state index in [2.05, 4.69) is 20.9 Å². The van der Waals surface area contributed by atoms with Crippen molar-refractivity contribution in [1.82, 2.24) is 4.98 Å². The molecule has 0 saturated heterocycles. The summed E-state index contributed by atoms with van der Waals surface area (Å²) in [7, 11) is 0. The molecule has 0 bridgehead atoms. The van der Waals surface area contributed by atoms with E-state index < -0.39 is 0 Å². The summed E-state index contributed by atoms with van der Waals surface area (Å²) >= 11 is 3.34. The molecule has 3 aromatic rings. The molecule has 4 rings (SSSR count). The van der Waals surface area contributed by atoms with Crippen LogP contribution < -0.4 is 9.47 Å². The van der Waals surface area contributed by atoms with Crippen LogP contribution in [0.4, 0.5) is 0 Å². The largest absolute Gasteiger partial charge is 0.485 e. The normalized spacial score (nSPS) is 13.9. The third-order valence-electron chi connectivity index (χ3n) is 4.18. The lowest BCUT2D eigenvalue weighted by Crippen LogP contribution is -2.11. The van der Waals surface area contributed by atoms with E-state index in [1.807, 2.05) is 0 Å². The van der Waals surface area contributed by atoms with Gasteiger partial charge in [-0.05, 0) is 48.0 Å². The minimum Gasteiger partial charge on any atom is -0.485 e. The predicted molar refractivity (Wildman–Crippen MR) is 108 cm³/mol. The fourth-order valence-electron chi connectivity index (χ4n) is 2.74. The fraction of sp³-hybridized carbons (Fsp3) is 0.0455. The van der Waals surface area contributed by atoms with Crippen molar-refractivity contribution in [3.8, 4) is 11.5 Å².